The van der Waals surface area contributed by atoms with Crippen molar-refractivity contribution in [2.24, 2.45) is 12.8 Å². The Morgan fingerprint density at radius 3 is 2.89 bits per heavy atom. The van der Waals surface area contributed by atoms with E-state index in [2.05, 4.69) is 10.1 Å². The van der Waals surface area contributed by atoms with E-state index in [0.29, 0.717) is 35.9 Å². The van der Waals surface area contributed by atoms with Gasteiger partial charge in [0.2, 0.25) is 0 Å². The number of rotatable bonds is 4. The Morgan fingerprint density at radius 1 is 1.44 bits per heavy atom. The Balaban J connectivity index is 2.50. The molecule has 6 heteroatoms. The van der Waals surface area contributed by atoms with Crippen molar-refractivity contribution in [2.75, 3.05) is 13.7 Å². The van der Waals surface area contributed by atoms with E-state index in [1.54, 1.807) is 17.8 Å². The highest BCUT2D eigenvalue weighted by molar-refractivity contribution is 5.64. The Labute approximate surface area is 104 Å². The van der Waals surface area contributed by atoms with Crippen molar-refractivity contribution < 1.29 is 9.13 Å². The Bertz CT molecular complexity index is 553. The highest BCUT2D eigenvalue weighted by atomic mass is 19.1. The number of hydrogen-bond donors (Lipinski definition) is 1. The fourth-order valence-corrected chi connectivity index (χ4v) is 1.76. The third-order valence-electron chi connectivity index (χ3n) is 2.58. The summed E-state index contributed by atoms with van der Waals surface area (Å²) in [6.45, 7) is 0.476. The lowest BCUT2D eigenvalue weighted by molar-refractivity contribution is 0.415. The number of halogens is 1. The molecular weight excluding hydrogens is 235 g/mol. The Kier molecular flexibility index (Phi) is 3.57. The molecule has 96 valence electrons. The molecule has 0 fully saturated rings. The first-order valence-corrected chi connectivity index (χ1v) is 5.59. The quantitative estimate of drug-likeness (QED) is 0.883. The second kappa shape index (κ2) is 5.14. The van der Waals surface area contributed by atoms with Gasteiger partial charge >= 0.3 is 0 Å². The summed E-state index contributed by atoms with van der Waals surface area (Å²) in [7, 11) is 3.29. The van der Waals surface area contributed by atoms with Crippen LogP contribution in [0.5, 0.6) is 5.75 Å². The van der Waals surface area contributed by atoms with Crippen molar-refractivity contribution in [3.63, 3.8) is 0 Å². The fraction of sp³-hybridized carbons (Fsp3) is 0.333. The first-order chi connectivity index (χ1) is 8.65. The van der Waals surface area contributed by atoms with Gasteiger partial charge in [-0.15, -0.1) is 0 Å². The van der Waals surface area contributed by atoms with E-state index in [0.717, 1.165) is 0 Å². The maximum Gasteiger partial charge on any atom is 0.161 e. The second-order valence-corrected chi connectivity index (χ2v) is 3.86. The minimum Gasteiger partial charge on any atom is -0.496 e. The molecule has 0 aliphatic heterocycles. The molecule has 0 aliphatic carbocycles. The average Bonchev–Trinajstić information content (AvgIpc) is 2.70. The molecule has 0 bridgehead atoms. The molecule has 0 aliphatic rings. The van der Waals surface area contributed by atoms with Gasteiger partial charge in [-0.3, -0.25) is 0 Å². The molecule has 2 rings (SSSR count). The molecule has 18 heavy (non-hydrogen) atoms. The van der Waals surface area contributed by atoms with Gasteiger partial charge in [0.15, 0.2) is 11.6 Å². The molecule has 5 nitrogen and oxygen atoms in total. The lowest BCUT2D eigenvalue weighted by Crippen LogP contribution is -2.04. The monoisotopic (exact) mass is 250 g/mol. The highest BCUT2D eigenvalue weighted by Gasteiger charge is 2.14. The number of nitrogens with two attached hydrogens (primary N) is 1. The van der Waals surface area contributed by atoms with Crippen LogP contribution >= 0.6 is 0 Å². The van der Waals surface area contributed by atoms with Gasteiger partial charge in [-0.1, -0.05) is 0 Å². The zero-order valence-electron chi connectivity index (χ0n) is 10.4. The van der Waals surface area contributed by atoms with Crippen molar-refractivity contribution in [1.82, 2.24) is 14.8 Å². The van der Waals surface area contributed by atoms with Crippen molar-refractivity contribution >= 4 is 0 Å². The summed E-state index contributed by atoms with van der Waals surface area (Å²) in [5.41, 5.74) is 6.04. The number of aromatic nitrogens is 3. The summed E-state index contributed by atoms with van der Waals surface area (Å²) in [6.07, 6.45) is 0.589. The fourth-order valence-electron chi connectivity index (χ4n) is 1.76. The van der Waals surface area contributed by atoms with Crippen molar-refractivity contribution in [3.8, 4) is 17.1 Å². The summed E-state index contributed by atoms with van der Waals surface area (Å²) in [5.74, 6) is 1.43. The minimum atomic E-state index is -0.339. The maximum absolute atomic E-state index is 13.3. The summed E-state index contributed by atoms with van der Waals surface area (Å²) >= 11 is 0. The van der Waals surface area contributed by atoms with Crippen LogP contribution in [0.25, 0.3) is 11.4 Å². The van der Waals surface area contributed by atoms with E-state index in [1.165, 1.54) is 19.2 Å². The van der Waals surface area contributed by atoms with Crippen LogP contribution in [0.3, 0.4) is 0 Å². The van der Waals surface area contributed by atoms with Gasteiger partial charge in [0.25, 0.3) is 0 Å². The largest absolute Gasteiger partial charge is 0.496 e. The zero-order chi connectivity index (χ0) is 13.1. The smallest absolute Gasteiger partial charge is 0.161 e. The van der Waals surface area contributed by atoms with Crippen LogP contribution in [0.1, 0.15) is 5.82 Å². The molecule has 0 spiro atoms. The van der Waals surface area contributed by atoms with E-state index in [9.17, 15) is 4.39 Å². The van der Waals surface area contributed by atoms with E-state index >= 15 is 0 Å². The van der Waals surface area contributed by atoms with Gasteiger partial charge in [-0.25, -0.2) is 14.1 Å². The molecular formula is C12H15FN4O. The number of hydrogen-bond acceptors (Lipinski definition) is 4. The van der Waals surface area contributed by atoms with E-state index < -0.39 is 0 Å². The normalized spacial score (nSPS) is 10.7. The molecule has 1 heterocycles. The lowest BCUT2D eigenvalue weighted by atomic mass is 10.2. The molecule has 0 saturated carbocycles. The predicted octanol–water partition coefficient (Wildman–Crippen LogP) is 1.13. The van der Waals surface area contributed by atoms with E-state index in [-0.39, 0.29) is 5.82 Å². The zero-order valence-corrected chi connectivity index (χ0v) is 10.4. The average molecular weight is 250 g/mol. The number of benzene rings is 1. The van der Waals surface area contributed by atoms with Crippen LogP contribution in [0.4, 0.5) is 4.39 Å². The molecule has 1 aromatic heterocycles. The molecule has 0 saturated heterocycles. The van der Waals surface area contributed by atoms with Crippen molar-refractivity contribution in [3.05, 3.63) is 29.8 Å². The van der Waals surface area contributed by atoms with Gasteiger partial charge in [0.1, 0.15) is 11.6 Å². The molecule has 0 amide bonds. The third kappa shape index (κ3) is 2.33. The Hall–Kier alpha value is -1.95. The van der Waals surface area contributed by atoms with Crippen molar-refractivity contribution in [1.29, 1.82) is 0 Å². The topological polar surface area (TPSA) is 66.0 Å². The maximum atomic E-state index is 13.3. The first kappa shape index (κ1) is 12.5. The summed E-state index contributed by atoms with van der Waals surface area (Å²) in [4.78, 5) is 4.34. The molecule has 2 aromatic rings. The first-order valence-electron chi connectivity index (χ1n) is 5.59. The number of nitrogens with zero attached hydrogens (tertiary/aromatic N) is 3. The SMILES string of the molecule is COc1ccc(F)cc1-c1nc(CCN)nn1C. The van der Waals surface area contributed by atoms with E-state index in [4.69, 9.17) is 10.5 Å². The van der Waals surface area contributed by atoms with Gasteiger partial charge in [-0.2, -0.15) is 5.10 Å². The highest BCUT2D eigenvalue weighted by Crippen LogP contribution is 2.28. The van der Waals surface area contributed by atoms with Crippen LogP contribution < -0.4 is 10.5 Å². The number of methoxy groups -OCH3 is 1. The van der Waals surface area contributed by atoms with Crippen LogP contribution in [0, 0.1) is 5.82 Å². The van der Waals surface area contributed by atoms with E-state index in [1.807, 2.05) is 0 Å². The van der Waals surface area contributed by atoms with Gasteiger partial charge in [0, 0.05) is 13.5 Å². The van der Waals surface area contributed by atoms with Gasteiger partial charge in [-0.05, 0) is 24.7 Å². The molecule has 0 radical (unpaired) electrons. The molecule has 1 aromatic carbocycles. The van der Waals surface area contributed by atoms with Crippen LogP contribution in [0.2, 0.25) is 0 Å². The summed E-state index contributed by atoms with van der Waals surface area (Å²) in [5, 5.41) is 4.23. The minimum absolute atomic E-state index is 0.339. The number of ether oxygens (including phenoxy) is 1. The van der Waals surface area contributed by atoms with Crippen LogP contribution in [-0.2, 0) is 13.5 Å². The van der Waals surface area contributed by atoms with Gasteiger partial charge < -0.3 is 10.5 Å². The molecule has 0 atom stereocenters. The third-order valence-corrected chi connectivity index (χ3v) is 2.58. The predicted molar refractivity (Wildman–Crippen MR) is 65.7 cm³/mol. The Morgan fingerprint density at radius 2 is 2.22 bits per heavy atom. The summed E-state index contributed by atoms with van der Waals surface area (Å²) in [6, 6.07) is 4.30. The second-order valence-electron chi connectivity index (χ2n) is 3.86. The van der Waals surface area contributed by atoms with Gasteiger partial charge in [0.05, 0.1) is 12.7 Å². The van der Waals surface area contributed by atoms with Crippen LogP contribution in [0.15, 0.2) is 18.2 Å². The number of aryl methyl sites for hydroxylation is 1. The van der Waals surface area contributed by atoms with Crippen molar-refractivity contribution in [2.45, 2.75) is 6.42 Å². The molecule has 0 unspecified atom stereocenters. The summed E-state index contributed by atoms with van der Waals surface area (Å²) < 4.78 is 20.1. The standard InChI is InChI=1S/C12H15FN4O/c1-17-12(15-11(16-17)5-6-14)9-7-8(13)3-4-10(9)18-2/h3-4,7H,5-6,14H2,1-2H3. The lowest BCUT2D eigenvalue weighted by Gasteiger charge is -2.07. The molecule has 2 N–H and O–H groups in total. The van der Waals surface area contributed by atoms with Crippen LogP contribution in [-0.4, -0.2) is 28.4 Å².